The first-order chi connectivity index (χ1) is 13.6. The number of hydrogen-bond donors (Lipinski definition) is 1. The van der Waals surface area contributed by atoms with Crippen molar-refractivity contribution < 1.29 is 9.90 Å². The van der Waals surface area contributed by atoms with E-state index in [1.807, 2.05) is 55.5 Å². The third-order valence-corrected chi connectivity index (χ3v) is 4.54. The van der Waals surface area contributed by atoms with Gasteiger partial charge < -0.3 is 5.11 Å². The van der Waals surface area contributed by atoms with Crippen LogP contribution in [0.15, 0.2) is 65.7 Å². The van der Waals surface area contributed by atoms with Gasteiger partial charge in [-0.2, -0.15) is 0 Å². The zero-order chi connectivity index (χ0) is 19.7. The molecule has 0 radical (unpaired) electrons. The van der Waals surface area contributed by atoms with Crippen molar-refractivity contribution in [3.05, 3.63) is 82.9 Å². The zero-order valence-corrected chi connectivity index (χ0v) is 15.5. The Morgan fingerprint density at radius 3 is 2.25 bits per heavy atom. The molecular weight excluding hydrogens is 352 g/mol. The second kappa shape index (κ2) is 7.08. The van der Waals surface area contributed by atoms with Crippen LogP contribution in [0.1, 0.15) is 27.0 Å². The first-order valence-electron chi connectivity index (χ1n) is 8.79. The number of rotatable bonds is 4. The van der Waals surface area contributed by atoms with Crippen LogP contribution in [0.5, 0.6) is 5.75 Å². The number of nitrogens with zero attached hydrogens (tertiary/aromatic N) is 4. The molecule has 0 unspecified atom stereocenters. The number of carbonyl (C=O) groups is 1. The van der Waals surface area contributed by atoms with Gasteiger partial charge in [-0.15, -0.1) is 15.0 Å². The average Bonchev–Trinajstić information content (AvgIpc) is 3.15. The van der Waals surface area contributed by atoms with Gasteiger partial charge in [-0.05, 0) is 36.8 Å². The molecule has 0 spiro atoms. The summed E-state index contributed by atoms with van der Waals surface area (Å²) < 4.78 is 0. The SMILES string of the molecule is CN=C(c1ccc(C=O)cc1)c1cc(C)cc(-n2nc3ccccc3n2)c1O. The molecule has 0 fully saturated rings. The Morgan fingerprint density at radius 2 is 1.68 bits per heavy atom. The van der Waals surface area contributed by atoms with Crippen LogP contribution in [0.3, 0.4) is 0 Å². The molecule has 138 valence electrons. The highest BCUT2D eigenvalue weighted by atomic mass is 16.3. The smallest absolute Gasteiger partial charge is 0.152 e. The van der Waals surface area contributed by atoms with E-state index in [1.165, 1.54) is 4.80 Å². The van der Waals surface area contributed by atoms with Gasteiger partial charge in [0.25, 0.3) is 0 Å². The second-order valence-electron chi connectivity index (χ2n) is 6.47. The van der Waals surface area contributed by atoms with Crippen LogP contribution in [-0.2, 0) is 0 Å². The Hall–Kier alpha value is -3.80. The molecule has 0 atom stereocenters. The average molecular weight is 370 g/mol. The molecule has 4 aromatic rings. The third kappa shape index (κ3) is 3.05. The van der Waals surface area contributed by atoms with Crippen LogP contribution in [0.2, 0.25) is 0 Å². The van der Waals surface area contributed by atoms with Crippen molar-refractivity contribution in [2.75, 3.05) is 7.05 Å². The Labute approximate surface area is 161 Å². The number of aryl methyl sites for hydroxylation is 1. The van der Waals surface area contributed by atoms with Crippen molar-refractivity contribution in [2.24, 2.45) is 4.99 Å². The summed E-state index contributed by atoms with van der Waals surface area (Å²) in [6.45, 7) is 1.94. The van der Waals surface area contributed by atoms with E-state index in [2.05, 4.69) is 15.2 Å². The molecule has 6 heteroatoms. The van der Waals surface area contributed by atoms with Crippen molar-refractivity contribution in [2.45, 2.75) is 6.92 Å². The molecule has 0 aliphatic heterocycles. The third-order valence-electron chi connectivity index (χ3n) is 4.54. The van der Waals surface area contributed by atoms with E-state index in [0.29, 0.717) is 22.5 Å². The Bertz CT molecular complexity index is 1170. The molecule has 3 aromatic carbocycles. The molecule has 0 aliphatic rings. The molecule has 6 nitrogen and oxygen atoms in total. The lowest BCUT2D eigenvalue weighted by molar-refractivity contribution is 0.112. The lowest BCUT2D eigenvalue weighted by Gasteiger charge is -2.13. The van der Waals surface area contributed by atoms with Gasteiger partial charge in [0, 0.05) is 23.7 Å². The highest BCUT2D eigenvalue weighted by Crippen LogP contribution is 2.30. The minimum Gasteiger partial charge on any atom is -0.505 e. The van der Waals surface area contributed by atoms with Gasteiger partial charge in [0.2, 0.25) is 0 Å². The predicted octanol–water partition coefficient (Wildman–Crippen LogP) is 3.71. The number of carbonyl (C=O) groups excluding carboxylic acids is 1. The first kappa shape index (κ1) is 17.6. The van der Waals surface area contributed by atoms with Crippen LogP contribution in [0, 0.1) is 6.92 Å². The molecule has 0 bridgehead atoms. The fraction of sp³-hybridized carbons (Fsp3) is 0.0909. The number of aromatic nitrogens is 3. The number of aliphatic imine (C=N–C) groups is 1. The van der Waals surface area contributed by atoms with Gasteiger partial charge in [0.05, 0.1) is 5.71 Å². The number of fused-ring (bicyclic) bond motifs is 1. The Kier molecular flexibility index (Phi) is 4.45. The highest BCUT2D eigenvalue weighted by Gasteiger charge is 2.18. The summed E-state index contributed by atoms with van der Waals surface area (Å²) >= 11 is 0. The Balaban J connectivity index is 1.86. The molecule has 0 saturated heterocycles. The van der Waals surface area contributed by atoms with Crippen LogP contribution in [-0.4, -0.2) is 39.1 Å². The molecule has 28 heavy (non-hydrogen) atoms. The maximum absolute atomic E-state index is 11.0. The largest absolute Gasteiger partial charge is 0.505 e. The van der Waals surface area contributed by atoms with E-state index >= 15 is 0 Å². The van der Waals surface area contributed by atoms with Crippen LogP contribution in [0.4, 0.5) is 0 Å². The highest BCUT2D eigenvalue weighted by molar-refractivity contribution is 6.15. The molecule has 1 aromatic heterocycles. The number of benzene rings is 3. The maximum atomic E-state index is 11.0. The summed E-state index contributed by atoms with van der Waals surface area (Å²) in [5, 5.41) is 20.0. The number of phenols is 1. The van der Waals surface area contributed by atoms with Crippen LogP contribution < -0.4 is 0 Å². The molecule has 1 heterocycles. The molecule has 1 N–H and O–H groups in total. The standard InChI is InChI=1S/C22H18N4O2/c1-14-11-17(21(23-2)16-9-7-15(13-27)8-10-16)22(28)20(12-14)26-24-18-5-3-4-6-19(18)25-26/h3-13,28H,1-2H3. The molecular formula is C22H18N4O2. The van der Waals surface area contributed by atoms with Gasteiger partial charge in [0.15, 0.2) is 5.75 Å². The van der Waals surface area contributed by atoms with Crippen molar-refractivity contribution in [3.8, 4) is 11.4 Å². The second-order valence-corrected chi connectivity index (χ2v) is 6.47. The molecule has 4 rings (SSSR count). The summed E-state index contributed by atoms with van der Waals surface area (Å²) in [7, 11) is 1.67. The van der Waals surface area contributed by atoms with E-state index < -0.39 is 0 Å². The van der Waals surface area contributed by atoms with Gasteiger partial charge in [-0.1, -0.05) is 36.4 Å². The van der Waals surface area contributed by atoms with E-state index in [4.69, 9.17) is 0 Å². The Morgan fingerprint density at radius 1 is 1.04 bits per heavy atom. The normalized spacial score (nSPS) is 11.7. The molecule has 0 saturated carbocycles. The fourth-order valence-corrected chi connectivity index (χ4v) is 3.18. The minimum atomic E-state index is 0.0472. The summed E-state index contributed by atoms with van der Waals surface area (Å²) in [6, 6.07) is 18.3. The van der Waals surface area contributed by atoms with Gasteiger partial charge in [-0.25, -0.2) is 0 Å². The van der Waals surface area contributed by atoms with Gasteiger partial charge in [-0.3, -0.25) is 9.79 Å². The summed E-state index contributed by atoms with van der Waals surface area (Å²) in [5.41, 5.74) is 5.51. The van der Waals surface area contributed by atoms with Crippen molar-refractivity contribution in [3.63, 3.8) is 0 Å². The van der Waals surface area contributed by atoms with E-state index in [9.17, 15) is 9.90 Å². The first-order valence-corrected chi connectivity index (χ1v) is 8.79. The molecule has 0 amide bonds. The minimum absolute atomic E-state index is 0.0472. The van der Waals surface area contributed by atoms with E-state index in [-0.39, 0.29) is 5.75 Å². The topological polar surface area (TPSA) is 80.4 Å². The van der Waals surface area contributed by atoms with E-state index in [1.54, 1.807) is 19.2 Å². The lowest BCUT2D eigenvalue weighted by Crippen LogP contribution is -2.08. The fourth-order valence-electron chi connectivity index (χ4n) is 3.18. The lowest BCUT2D eigenvalue weighted by atomic mass is 9.98. The van der Waals surface area contributed by atoms with E-state index in [0.717, 1.165) is 28.4 Å². The maximum Gasteiger partial charge on any atom is 0.152 e. The van der Waals surface area contributed by atoms with Gasteiger partial charge >= 0.3 is 0 Å². The van der Waals surface area contributed by atoms with Crippen LogP contribution in [0.25, 0.3) is 16.7 Å². The summed E-state index contributed by atoms with van der Waals surface area (Å²) in [5.74, 6) is 0.0472. The summed E-state index contributed by atoms with van der Waals surface area (Å²) in [4.78, 5) is 16.7. The van der Waals surface area contributed by atoms with Crippen molar-refractivity contribution >= 4 is 23.0 Å². The predicted molar refractivity (Wildman–Crippen MR) is 109 cm³/mol. The van der Waals surface area contributed by atoms with Crippen molar-refractivity contribution in [1.82, 2.24) is 15.0 Å². The van der Waals surface area contributed by atoms with Gasteiger partial charge in [0.1, 0.15) is 23.0 Å². The monoisotopic (exact) mass is 370 g/mol. The number of aromatic hydroxyl groups is 1. The van der Waals surface area contributed by atoms with Crippen molar-refractivity contribution in [1.29, 1.82) is 0 Å². The number of phenolic OH excluding ortho intramolecular Hbond substituents is 1. The molecule has 0 aliphatic carbocycles. The quantitative estimate of drug-likeness (QED) is 0.439. The zero-order valence-electron chi connectivity index (χ0n) is 15.5. The van der Waals surface area contributed by atoms with Crippen LogP contribution >= 0.6 is 0 Å². The number of aldehydes is 1. The summed E-state index contributed by atoms with van der Waals surface area (Å²) in [6.07, 6.45) is 0.794. The number of hydrogen-bond acceptors (Lipinski definition) is 5.